The van der Waals surface area contributed by atoms with Crippen LogP contribution in [0.4, 0.5) is 5.69 Å². The van der Waals surface area contributed by atoms with E-state index in [0.717, 1.165) is 44.2 Å². The third-order valence-corrected chi connectivity index (χ3v) is 3.63. The van der Waals surface area contributed by atoms with Crippen LogP contribution < -0.4 is 10.1 Å². The van der Waals surface area contributed by atoms with Gasteiger partial charge in [-0.15, -0.1) is 0 Å². The lowest BCUT2D eigenvalue weighted by atomic mass is 10.1. The van der Waals surface area contributed by atoms with E-state index in [0.29, 0.717) is 6.41 Å². The molecule has 1 aromatic carbocycles. The topological polar surface area (TPSA) is 44.8 Å². The van der Waals surface area contributed by atoms with E-state index in [1.807, 2.05) is 26.0 Å². The molecule has 1 amide bonds. The molecule has 1 heterocycles. The number of anilines is 1. The summed E-state index contributed by atoms with van der Waals surface area (Å²) in [6.45, 7) is 9.29. The van der Waals surface area contributed by atoms with E-state index in [4.69, 9.17) is 4.74 Å². The van der Waals surface area contributed by atoms with Gasteiger partial charge < -0.3 is 15.0 Å². The van der Waals surface area contributed by atoms with Gasteiger partial charge in [0.05, 0.1) is 11.8 Å². The minimum absolute atomic E-state index is 0.0797. The third kappa shape index (κ3) is 4.72. The van der Waals surface area contributed by atoms with Crippen LogP contribution in [0.1, 0.15) is 19.4 Å². The van der Waals surface area contributed by atoms with Crippen LogP contribution in [-0.2, 0) is 11.3 Å². The molecule has 0 aromatic heterocycles. The second kappa shape index (κ2) is 7.43. The molecular weight excluding hydrogens is 266 g/mol. The number of benzene rings is 1. The van der Waals surface area contributed by atoms with Gasteiger partial charge in [0.15, 0.2) is 0 Å². The quantitative estimate of drug-likeness (QED) is 0.812. The van der Waals surface area contributed by atoms with Crippen LogP contribution in [0.25, 0.3) is 0 Å². The maximum Gasteiger partial charge on any atom is 0.211 e. The van der Waals surface area contributed by atoms with Crippen LogP contribution in [0.2, 0.25) is 0 Å². The van der Waals surface area contributed by atoms with E-state index in [1.54, 1.807) is 0 Å². The molecule has 0 atom stereocenters. The molecule has 1 aliphatic rings. The monoisotopic (exact) mass is 291 g/mol. The Hall–Kier alpha value is -1.59. The summed E-state index contributed by atoms with van der Waals surface area (Å²) in [5.74, 6) is 0.740. The van der Waals surface area contributed by atoms with Crippen LogP contribution in [0.5, 0.6) is 5.75 Å². The Balaban J connectivity index is 2.07. The van der Waals surface area contributed by atoms with E-state index in [2.05, 4.69) is 28.2 Å². The van der Waals surface area contributed by atoms with Crippen molar-refractivity contribution in [2.24, 2.45) is 0 Å². The number of ether oxygens (including phenoxy) is 1. The third-order valence-electron chi connectivity index (χ3n) is 3.63. The number of likely N-dealkylation sites (N-methyl/N-ethyl adjacent to an activating group) is 1. The highest BCUT2D eigenvalue weighted by Crippen LogP contribution is 2.27. The first-order valence-electron chi connectivity index (χ1n) is 7.49. The molecule has 5 nitrogen and oxygen atoms in total. The summed E-state index contributed by atoms with van der Waals surface area (Å²) in [7, 11) is 2.16. The number of hydrogen-bond donors (Lipinski definition) is 1. The average Bonchev–Trinajstić information content (AvgIpc) is 2.44. The molecule has 1 N–H and O–H groups in total. The van der Waals surface area contributed by atoms with Crippen LogP contribution >= 0.6 is 0 Å². The lowest BCUT2D eigenvalue weighted by Gasteiger charge is -2.32. The minimum atomic E-state index is 0.0797. The predicted molar refractivity (Wildman–Crippen MR) is 84.7 cm³/mol. The van der Waals surface area contributed by atoms with Gasteiger partial charge >= 0.3 is 0 Å². The maximum atomic E-state index is 10.7. The number of nitrogens with one attached hydrogen (secondary N) is 1. The van der Waals surface area contributed by atoms with Crippen molar-refractivity contribution in [1.29, 1.82) is 0 Å². The molecule has 1 aliphatic heterocycles. The van der Waals surface area contributed by atoms with E-state index in [9.17, 15) is 4.79 Å². The fourth-order valence-corrected chi connectivity index (χ4v) is 2.46. The molecule has 21 heavy (non-hydrogen) atoms. The summed E-state index contributed by atoms with van der Waals surface area (Å²) < 4.78 is 5.80. The van der Waals surface area contributed by atoms with E-state index in [1.165, 1.54) is 5.56 Å². The Morgan fingerprint density at radius 3 is 2.62 bits per heavy atom. The second-order valence-corrected chi connectivity index (χ2v) is 5.84. The number of rotatable bonds is 6. The first-order valence-corrected chi connectivity index (χ1v) is 7.49. The predicted octanol–water partition coefficient (Wildman–Crippen LogP) is 1.79. The summed E-state index contributed by atoms with van der Waals surface area (Å²) in [5, 5.41) is 2.69. The van der Waals surface area contributed by atoms with Crippen LogP contribution in [-0.4, -0.2) is 55.5 Å². The van der Waals surface area contributed by atoms with E-state index in [-0.39, 0.29) is 6.10 Å². The number of nitrogens with zero attached hydrogens (tertiary/aromatic N) is 2. The van der Waals surface area contributed by atoms with Crippen molar-refractivity contribution in [3.8, 4) is 5.75 Å². The molecule has 0 unspecified atom stereocenters. The highest BCUT2D eigenvalue weighted by molar-refractivity contribution is 5.75. The van der Waals surface area contributed by atoms with Crippen molar-refractivity contribution >= 4 is 12.1 Å². The zero-order valence-corrected chi connectivity index (χ0v) is 13.1. The highest BCUT2D eigenvalue weighted by atomic mass is 16.5. The first kappa shape index (κ1) is 15.8. The highest BCUT2D eigenvalue weighted by Gasteiger charge is 2.15. The zero-order chi connectivity index (χ0) is 15.2. The number of carbonyl (C=O) groups is 1. The Labute approximate surface area is 126 Å². The van der Waals surface area contributed by atoms with Crippen molar-refractivity contribution in [3.63, 3.8) is 0 Å². The maximum absolute atomic E-state index is 10.7. The van der Waals surface area contributed by atoms with Crippen LogP contribution in [0.15, 0.2) is 18.2 Å². The van der Waals surface area contributed by atoms with Gasteiger partial charge in [0.1, 0.15) is 5.75 Å². The minimum Gasteiger partial charge on any atom is -0.489 e. The molecule has 0 saturated carbocycles. The normalized spacial score (nSPS) is 17.0. The van der Waals surface area contributed by atoms with Crippen molar-refractivity contribution in [3.05, 3.63) is 23.8 Å². The number of piperazine rings is 1. The fraction of sp³-hybridized carbons (Fsp3) is 0.562. The van der Waals surface area contributed by atoms with Gasteiger partial charge in [-0.3, -0.25) is 9.69 Å². The molecule has 0 radical (unpaired) electrons. The largest absolute Gasteiger partial charge is 0.489 e. The molecule has 2 rings (SSSR count). The van der Waals surface area contributed by atoms with E-state index < -0.39 is 0 Å². The van der Waals surface area contributed by atoms with Gasteiger partial charge in [0, 0.05) is 32.7 Å². The van der Waals surface area contributed by atoms with Crippen molar-refractivity contribution in [2.75, 3.05) is 38.5 Å². The average molecular weight is 291 g/mol. The van der Waals surface area contributed by atoms with Crippen LogP contribution in [0, 0.1) is 0 Å². The molecule has 0 spiro atoms. The first-order chi connectivity index (χ1) is 10.1. The summed E-state index contributed by atoms with van der Waals surface area (Å²) in [5.41, 5.74) is 1.94. The molecular formula is C16H25N3O2. The zero-order valence-electron chi connectivity index (χ0n) is 13.1. The Kier molecular flexibility index (Phi) is 5.59. The molecule has 0 aliphatic carbocycles. The Morgan fingerprint density at radius 2 is 2.00 bits per heavy atom. The van der Waals surface area contributed by atoms with Gasteiger partial charge in [0.25, 0.3) is 0 Å². The molecule has 1 fully saturated rings. The molecule has 0 bridgehead atoms. The van der Waals surface area contributed by atoms with Gasteiger partial charge in [-0.05, 0) is 38.6 Å². The lowest BCUT2D eigenvalue weighted by Crippen LogP contribution is -2.43. The van der Waals surface area contributed by atoms with Gasteiger partial charge in [-0.25, -0.2) is 0 Å². The van der Waals surface area contributed by atoms with Gasteiger partial charge in [-0.2, -0.15) is 0 Å². The van der Waals surface area contributed by atoms with Gasteiger partial charge in [-0.1, -0.05) is 6.07 Å². The smallest absolute Gasteiger partial charge is 0.211 e. The number of carbonyl (C=O) groups excluding carboxylic acids is 1. The molecule has 116 valence electrons. The summed E-state index contributed by atoms with van der Waals surface area (Å²) in [6.07, 6.45) is 0.763. The fourth-order valence-electron chi connectivity index (χ4n) is 2.46. The Morgan fingerprint density at radius 1 is 1.29 bits per heavy atom. The molecule has 1 aromatic rings. The van der Waals surface area contributed by atoms with Gasteiger partial charge in [0.2, 0.25) is 6.41 Å². The van der Waals surface area contributed by atoms with Crippen LogP contribution in [0.3, 0.4) is 0 Å². The van der Waals surface area contributed by atoms with Crippen molar-refractivity contribution < 1.29 is 9.53 Å². The number of hydrogen-bond acceptors (Lipinski definition) is 4. The van der Waals surface area contributed by atoms with E-state index >= 15 is 0 Å². The number of amides is 1. The lowest BCUT2D eigenvalue weighted by molar-refractivity contribution is -0.105. The van der Waals surface area contributed by atoms with Crippen molar-refractivity contribution in [1.82, 2.24) is 9.80 Å². The Bertz CT molecular complexity index is 469. The summed E-state index contributed by atoms with van der Waals surface area (Å²) >= 11 is 0. The second-order valence-electron chi connectivity index (χ2n) is 5.84. The molecule has 5 heteroatoms. The SMILES string of the molecule is CC(C)Oc1cc(CN2CCN(C)CC2)ccc1NC=O. The summed E-state index contributed by atoms with van der Waals surface area (Å²) in [4.78, 5) is 15.5. The molecule has 1 saturated heterocycles. The summed E-state index contributed by atoms with van der Waals surface area (Å²) in [6, 6.07) is 6.00. The van der Waals surface area contributed by atoms with Crippen molar-refractivity contribution in [2.45, 2.75) is 26.5 Å². The standard InChI is InChI=1S/C16H25N3O2/c1-13(2)21-16-10-14(4-5-15(16)17-12-20)11-19-8-6-18(3)7-9-19/h4-5,10,12-13H,6-9,11H2,1-3H3,(H,17,20).